The van der Waals surface area contributed by atoms with Gasteiger partial charge in [0.05, 0.1) is 17.1 Å². The van der Waals surface area contributed by atoms with Crippen LogP contribution in [0.2, 0.25) is 0 Å². The second-order valence-corrected chi connectivity index (χ2v) is 4.61. The molecule has 0 unspecified atom stereocenters. The molecule has 0 atom stereocenters. The summed E-state index contributed by atoms with van der Waals surface area (Å²) in [6.45, 7) is 0. The second-order valence-electron chi connectivity index (χ2n) is 4.61. The maximum Gasteiger partial charge on any atom is 0.253 e. The van der Waals surface area contributed by atoms with Crippen LogP contribution < -0.4 is 11.1 Å². The van der Waals surface area contributed by atoms with Crippen LogP contribution in [0.4, 0.5) is 21.5 Å². The Labute approximate surface area is 117 Å². The highest BCUT2D eigenvalue weighted by molar-refractivity contribution is 5.96. The number of nitrogens with zero attached hydrogens (tertiary/aromatic N) is 1. The number of rotatable bonds is 3. The van der Waals surface area contributed by atoms with Crippen molar-refractivity contribution in [3.8, 4) is 0 Å². The Morgan fingerprint density at radius 1 is 1.15 bits per heavy atom. The molecule has 2 aromatic rings. The molecule has 5 heteroatoms. The number of nitrogens with one attached hydrogen (secondary N) is 1. The van der Waals surface area contributed by atoms with Gasteiger partial charge in [0.15, 0.2) is 0 Å². The number of nitrogens with two attached hydrogens (primary N) is 1. The van der Waals surface area contributed by atoms with Crippen LogP contribution in [0.25, 0.3) is 0 Å². The van der Waals surface area contributed by atoms with Gasteiger partial charge in [0.25, 0.3) is 5.91 Å². The molecule has 0 heterocycles. The molecule has 0 aliphatic heterocycles. The van der Waals surface area contributed by atoms with Crippen molar-refractivity contribution in [1.82, 2.24) is 4.90 Å². The zero-order valence-electron chi connectivity index (χ0n) is 11.4. The molecule has 0 aliphatic rings. The van der Waals surface area contributed by atoms with Crippen molar-refractivity contribution in [3.63, 3.8) is 0 Å². The zero-order chi connectivity index (χ0) is 14.7. The lowest BCUT2D eigenvalue weighted by atomic mass is 10.1. The Bertz CT molecular complexity index is 641. The van der Waals surface area contributed by atoms with E-state index in [4.69, 9.17) is 5.73 Å². The van der Waals surface area contributed by atoms with Gasteiger partial charge in [-0.25, -0.2) is 4.39 Å². The van der Waals surface area contributed by atoms with Gasteiger partial charge in [-0.3, -0.25) is 4.79 Å². The van der Waals surface area contributed by atoms with E-state index in [0.717, 1.165) is 0 Å². The molecule has 3 N–H and O–H groups in total. The van der Waals surface area contributed by atoms with Gasteiger partial charge in [-0.1, -0.05) is 12.1 Å². The Morgan fingerprint density at radius 3 is 2.50 bits per heavy atom. The molecule has 104 valence electrons. The van der Waals surface area contributed by atoms with Crippen molar-refractivity contribution >= 4 is 23.0 Å². The summed E-state index contributed by atoms with van der Waals surface area (Å²) >= 11 is 0. The van der Waals surface area contributed by atoms with Crippen molar-refractivity contribution in [2.75, 3.05) is 25.1 Å². The highest BCUT2D eigenvalue weighted by atomic mass is 19.1. The molecule has 0 radical (unpaired) electrons. The standard InChI is InChI=1S/C15H16FN3O/c1-19(2)15(20)10-7-8-12(17)14(9-10)18-13-6-4-3-5-11(13)16/h3-9,18H,17H2,1-2H3. The molecule has 1 amide bonds. The average molecular weight is 273 g/mol. The summed E-state index contributed by atoms with van der Waals surface area (Å²) in [6, 6.07) is 11.2. The van der Waals surface area contributed by atoms with E-state index in [2.05, 4.69) is 5.32 Å². The van der Waals surface area contributed by atoms with Crippen molar-refractivity contribution in [2.24, 2.45) is 0 Å². The largest absolute Gasteiger partial charge is 0.397 e. The molecular formula is C15H16FN3O. The van der Waals surface area contributed by atoms with Gasteiger partial charge in [-0.15, -0.1) is 0 Å². The molecule has 0 aromatic heterocycles. The number of carbonyl (C=O) groups excluding carboxylic acids is 1. The minimum Gasteiger partial charge on any atom is -0.397 e. The van der Waals surface area contributed by atoms with E-state index in [0.29, 0.717) is 22.6 Å². The van der Waals surface area contributed by atoms with Gasteiger partial charge in [0.1, 0.15) is 5.82 Å². The van der Waals surface area contributed by atoms with Crippen LogP contribution in [-0.2, 0) is 0 Å². The van der Waals surface area contributed by atoms with Gasteiger partial charge in [0, 0.05) is 19.7 Å². The molecule has 0 aliphatic carbocycles. The van der Waals surface area contributed by atoms with E-state index in [1.807, 2.05) is 0 Å². The first-order valence-electron chi connectivity index (χ1n) is 6.12. The summed E-state index contributed by atoms with van der Waals surface area (Å²) < 4.78 is 13.6. The number of hydrogen-bond acceptors (Lipinski definition) is 3. The SMILES string of the molecule is CN(C)C(=O)c1ccc(N)c(Nc2ccccc2F)c1. The van der Waals surface area contributed by atoms with E-state index in [-0.39, 0.29) is 11.7 Å². The fraction of sp³-hybridized carbons (Fsp3) is 0.133. The Morgan fingerprint density at radius 2 is 1.85 bits per heavy atom. The first-order valence-corrected chi connectivity index (χ1v) is 6.12. The lowest BCUT2D eigenvalue weighted by Crippen LogP contribution is -2.21. The van der Waals surface area contributed by atoms with E-state index < -0.39 is 0 Å². The average Bonchev–Trinajstić information content (AvgIpc) is 2.42. The van der Waals surface area contributed by atoms with Crippen LogP contribution in [0.1, 0.15) is 10.4 Å². The summed E-state index contributed by atoms with van der Waals surface area (Å²) in [5.74, 6) is -0.516. The number of anilines is 3. The van der Waals surface area contributed by atoms with E-state index in [9.17, 15) is 9.18 Å². The topological polar surface area (TPSA) is 58.4 Å². The summed E-state index contributed by atoms with van der Waals surface area (Å²) in [6.07, 6.45) is 0. The van der Waals surface area contributed by atoms with Gasteiger partial charge in [-0.2, -0.15) is 0 Å². The van der Waals surface area contributed by atoms with Crippen LogP contribution >= 0.6 is 0 Å². The van der Waals surface area contributed by atoms with Crippen LogP contribution in [0.15, 0.2) is 42.5 Å². The maximum atomic E-state index is 13.6. The van der Waals surface area contributed by atoms with Crippen molar-refractivity contribution in [3.05, 3.63) is 53.8 Å². The molecular weight excluding hydrogens is 257 g/mol. The molecule has 2 aromatic carbocycles. The molecule has 4 nitrogen and oxygen atoms in total. The Balaban J connectivity index is 2.35. The predicted molar refractivity (Wildman–Crippen MR) is 78.6 cm³/mol. The minimum atomic E-state index is -0.378. The number of carbonyl (C=O) groups is 1. The van der Waals surface area contributed by atoms with E-state index >= 15 is 0 Å². The summed E-state index contributed by atoms with van der Waals surface area (Å²) in [5.41, 5.74) is 7.61. The van der Waals surface area contributed by atoms with Crippen molar-refractivity contribution < 1.29 is 9.18 Å². The second kappa shape index (κ2) is 5.61. The monoisotopic (exact) mass is 273 g/mol. The third-order valence-corrected chi connectivity index (χ3v) is 2.85. The number of para-hydroxylation sites is 1. The lowest BCUT2D eigenvalue weighted by Gasteiger charge is -2.14. The van der Waals surface area contributed by atoms with Crippen LogP contribution in [-0.4, -0.2) is 24.9 Å². The molecule has 20 heavy (non-hydrogen) atoms. The third-order valence-electron chi connectivity index (χ3n) is 2.85. The normalized spacial score (nSPS) is 10.2. The van der Waals surface area contributed by atoms with Gasteiger partial charge >= 0.3 is 0 Å². The summed E-state index contributed by atoms with van der Waals surface area (Å²) in [4.78, 5) is 13.4. The smallest absolute Gasteiger partial charge is 0.253 e. The number of halogens is 1. The molecule has 0 fully saturated rings. The maximum absolute atomic E-state index is 13.6. The summed E-state index contributed by atoms with van der Waals surface area (Å²) in [5, 5.41) is 2.90. The number of hydrogen-bond donors (Lipinski definition) is 2. The van der Waals surface area contributed by atoms with Gasteiger partial charge in [0.2, 0.25) is 0 Å². The van der Waals surface area contributed by atoms with Crippen molar-refractivity contribution in [2.45, 2.75) is 0 Å². The fourth-order valence-corrected chi connectivity index (χ4v) is 1.76. The fourth-order valence-electron chi connectivity index (χ4n) is 1.76. The number of amides is 1. The molecule has 2 rings (SSSR count). The van der Waals surface area contributed by atoms with Gasteiger partial charge < -0.3 is 16.0 Å². The predicted octanol–water partition coefficient (Wildman–Crippen LogP) is 2.85. The first kappa shape index (κ1) is 13.9. The Hall–Kier alpha value is -2.56. The minimum absolute atomic E-state index is 0.137. The Kier molecular flexibility index (Phi) is 3.89. The van der Waals surface area contributed by atoms with Crippen LogP contribution in [0.5, 0.6) is 0 Å². The van der Waals surface area contributed by atoms with E-state index in [1.54, 1.807) is 50.5 Å². The van der Waals surface area contributed by atoms with Crippen LogP contribution in [0.3, 0.4) is 0 Å². The summed E-state index contributed by atoms with van der Waals surface area (Å²) in [7, 11) is 3.34. The van der Waals surface area contributed by atoms with E-state index in [1.165, 1.54) is 11.0 Å². The molecule has 0 saturated heterocycles. The first-order chi connectivity index (χ1) is 9.49. The zero-order valence-corrected chi connectivity index (χ0v) is 11.4. The van der Waals surface area contributed by atoms with Gasteiger partial charge in [-0.05, 0) is 30.3 Å². The number of benzene rings is 2. The third kappa shape index (κ3) is 2.88. The highest BCUT2D eigenvalue weighted by Crippen LogP contribution is 2.26. The highest BCUT2D eigenvalue weighted by Gasteiger charge is 2.11. The molecule has 0 spiro atoms. The molecule has 0 bridgehead atoms. The quantitative estimate of drug-likeness (QED) is 0.845. The lowest BCUT2D eigenvalue weighted by molar-refractivity contribution is 0.0827. The number of nitrogen functional groups attached to an aromatic ring is 1. The van der Waals surface area contributed by atoms with Crippen molar-refractivity contribution in [1.29, 1.82) is 0 Å². The van der Waals surface area contributed by atoms with Crippen LogP contribution in [0, 0.1) is 5.82 Å². The molecule has 0 saturated carbocycles.